The highest BCUT2D eigenvalue weighted by Gasteiger charge is 1.99. The van der Waals surface area contributed by atoms with E-state index in [-0.39, 0.29) is 5.96 Å². The molecular formula is C16H22FN3O3S. The minimum Gasteiger partial charge on any atom is -0.744 e. The third kappa shape index (κ3) is 10.3. The van der Waals surface area contributed by atoms with Gasteiger partial charge in [0.25, 0.3) is 0 Å². The maximum Gasteiger partial charge on any atom is 0.336 e. The Morgan fingerprint density at radius 3 is 1.75 bits per heavy atom. The van der Waals surface area contributed by atoms with Gasteiger partial charge in [-0.15, -0.1) is 0 Å². The van der Waals surface area contributed by atoms with Gasteiger partial charge in [-0.1, -0.05) is 44.2 Å². The van der Waals surface area contributed by atoms with Gasteiger partial charge in [0.15, 0.2) is 0 Å². The van der Waals surface area contributed by atoms with E-state index in [4.69, 9.17) is 0 Å². The van der Waals surface area contributed by atoms with E-state index in [2.05, 4.69) is 55.0 Å². The van der Waals surface area contributed by atoms with Crippen LogP contribution in [0.1, 0.15) is 25.3 Å². The smallest absolute Gasteiger partial charge is 0.336 e. The Morgan fingerprint density at radius 2 is 1.46 bits per heavy atom. The molecular weight excluding hydrogens is 333 g/mol. The Kier molecular flexibility index (Phi) is 9.29. The standard InChI is InChI=1S/C9H12.C6H5FO3S.CH5N3/c1-8(2)9-6-4-3-5-7-9;7-5-1-3-6(4-2-5)11(8,9)10;2-1(3)4/h3-8H,1-2H3;1-4H,(H,8,9,10);(H5,2,3,4). The zero-order valence-corrected chi connectivity index (χ0v) is 14.3. The second-order valence-corrected chi connectivity index (χ2v) is 6.35. The van der Waals surface area contributed by atoms with Crippen LogP contribution < -0.4 is 16.9 Å². The zero-order chi connectivity index (χ0) is 18.8. The van der Waals surface area contributed by atoms with Crippen LogP contribution in [0.15, 0.2) is 59.5 Å². The lowest BCUT2D eigenvalue weighted by Gasteiger charge is -2.04. The van der Waals surface area contributed by atoms with Gasteiger partial charge < -0.3 is 4.55 Å². The molecule has 2 rings (SSSR count). The molecule has 0 aliphatic carbocycles. The molecule has 6 nitrogen and oxygen atoms in total. The van der Waals surface area contributed by atoms with Crippen LogP contribution in [0.5, 0.6) is 0 Å². The normalized spacial score (nSPS) is 10.0. The maximum absolute atomic E-state index is 12.2. The van der Waals surface area contributed by atoms with Crippen molar-refractivity contribution in [3.8, 4) is 0 Å². The molecule has 0 heterocycles. The number of rotatable bonds is 2. The topological polar surface area (TPSA) is 135 Å². The summed E-state index contributed by atoms with van der Waals surface area (Å²) in [5.74, 6) is 0.00333. The molecule has 0 radical (unpaired) electrons. The Hall–Kier alpha value is -2.45. The fourth-order valence-corrected chi connectivity index (χ4v) is 1.91. The fourth-order valence-electron chi connectivity index (χ4n) is 1.44. The molecule has 8 heteroatoms. The lowest BCUT2D eigenvalue weighted by atomic mass is 10.0. The van der Waals surface area contributed by atoms with E-state index < -0.39 is 20.8 Å². The number of guanidine groups is 1. The summed E-state index contributed by atoms with van der Waals surface area (Å²) in [6, 6.07) is 14.2. The third-order valence-corrected chi connectivity index (χ3v) is 3.42. The first-order chi connectivity index (χ1) is 11.0. The molecule has 0 aliphatic rings. The van der Waals surface area contributed by atoms with Gasteiger partial charge in [0.05, 0.1) is 4.90 Å². The van der Waals surface area contributed by atoms with Gasteiger partial charge in [-0.05, 0) is 35.7 Å². The minimum atomic E-state index is -4.44. The highest BCUT2D eigenvalue weighted by atomic mass is 32.2. The number of benzene rings is 2. The van der Waals surface area contributed by atoms with Crippen molar-refractivity contribution in [2.45, 2.75) is 24.7 Å². The first-order valence-corrected chi connectivity index (χ1v) is 8.34. The van der Waals surface area contributed by atoms with Crippen molar-refractivity contribution < 1.29 is 22.8 Å². The van der Waals surface area contributed by atoms with E-state index in [0.717, 1.165) is 24.3 Å². The van der Waals surface area contributed by atoms with Crippen LogP contribution >= 0.6 is 0 Å². The third-order valence-electron chi connectivity index (χ3n) is 2.57. The molecule has 24 heavy (non-hydrogen) atoms. The van der Waals surface area contributed by atoms with Gasteiger partial charge in [-0.3, -0.25) is 16.9 Å². The lowest BCUT2D eigenvalue weighted by molar-refractivity contribution is -0.116. The predicted molar refractivity (Wildman–Crippen MR) is 90.2 cm³/mol. The van der Waals surface area contributed by atoms with Crippen molar-refractivity contribution in [2.24, 2.45) is 11.5 Å². The van der Waals surface area contributed by atoms with Crippen molar-refractivity contribution in [2.75, 3.05) is 0 Å². The molecule has 132 valence electrons. The van der Waals surface area contributed by atoms with E-state index in [1.165, 1.54) is 5.56 Å². The van der Waals surface area contributed by atoms with Gasteiger partial charge in [-0.2, -0.15) is 0 Å². The van der Waals surface area contributed by atoms with E-state index in [0.29, 0.717) is 5.92 Å². The average Bonchev–Trinajstić information content (AvgIpc) is 2.47. The molecule has 6 N–H and O–H groups in total. The summed E-state index contributed by atoms with van der Waals surface area (Å²) in [7, 11) is -4.44. The first kappa shape index (κ1) is 21.6. The number of hydrogen-bond donors (Lipinski definition) is 3. The highest BCUT2D eigenvalue weighted by Crippen LogP contribution is 2.11. The molecule has 0 saturated heterocycles. The Balaban J connectivity index is 0.000000367. The van der Waals surface area contributed by atoms with E-state index in [9.17, 15) is 17.4 Å². The van der Waals surface area contributed by atoms with Crippen molar-refractivity contribution >= 4 is 16.1 Å². The number of halogens is 1. The first-order valence-electron chi connectivity index (χ1n) is 6.93. The fraction of sp³-hybridized carbons (Fsp3) is 0.188. The van der Waals surface area contributed by atoms with Gasteiger partial charge in [0.2, 0.25) is 0 Å². The van der Waals surface area contributed by atoms with Crippen molar-refractivity contribution in [1.82, 2.24) is 0 Å². The SMILES string of the molecule is CC(C)c1ccccc1.NC(N)=[NH2+].O=S(=O)([O-])c1ccc(F)cc1. The largest absolute Gasteiger partial charge is 0.744 e. The van der Waals surface area contributed by atoms with Crippen LogP contribution in [0, 0.1) is 5.82 Å². The van der Waals surface area contributed by atoms with Crippen LogP contribution in [-0.2, 0) is 10.1 Å². The second kappa shape index (κ2) is 10.3. The molecule has 2 aromatic carbocycles. The summed E-state index contributed by atoms with van der Waals surface area (Å²) in [5, 5.41) is 4.58. The molecule has 0 saturated carbocycles. The summed E-state index contributed by atoms with van der Waals surface area (Å²) in [6.07, 6.45) is 0. The Bertz CT molecular complexity index is 714. The van der Waals surface area contributed by atoms with E-state index in [1.54, 1.807) is 0 Å². The van der Waals surface area contributed by atoms with Crippen molar-refractivity contribution in [3.63, 3.8) is 0 Å². The van der Waals surface area contributed by atoms with Crippen molar-refractivity contribution in [3.05, 3.63) is 66.0 Å². The summed E-state index contributed by atoms with van der Waals surface area (Å²) >= 11 is 0. The van der Waals surface area contributed by atoms with Gasteiger partial charge in [-0.25, -0.2) is 12.8 Å². The van der Waals surface area contributed by atoms with E-state index in [1.807, 2.05) is 6.07 Å². The Labute approximate surface area is 141 Å². The highest BCUT2D eigenvalue weighted by molar-refractivity contribution is 7.85. The molecule has 0 fully saturated rings. The van der Waals surface area contributed by atoms with Crippen LogP contribution in [0.2, 0.25) is 0 Å². The van der Waals surface area contributed by atoms with E-state index >= 15 is 0 Å². The van der Waals surface area contributed by atoms with Gasteiger partial charge >= 0.3 is 5.96 Å². The molecule has 0 unspecified atom stereocenters. The van der Waals surface area contributed by atoms with Crippen LogP contribution in [0.3, 0.4) is 0 Å². The van der Waals surface area contributed by atoms with Gasteiger partial charge in [0, 0.05) is 0 Å². The maximum atomic E-state index is 12.2. The second-order valence-electron chi connectivity index (χ2n) is 4.97. The summed E-state index contributed by atoms with van der Waals surface area (Å²) in [4.78, 5) is -0.418. The molecule has 0 aromatic heterocycles. The Morgan fingerprint density at radius 1 is 1.04 bits per heavy atom. The molecule has 0 aliphatic heterocycles. The molecule has 0 bridgehead atoms. The van der Waals surface area contributed by atoms with Gasteiger partial charge in [0.1, 0.15) is 15.9 Å². The monoisotopic (exact) mass is 355 g/mol. The zero-order valence-electron chi connectivity index (χ0n) is 13.5. The molecule has 0 amide bonds. The lowest BCUT2D eigenvalue weighted by Crippen LogP contribution is -2.51. The quantitative estimate of drug-likeness (QED) is 0.411. The summed E-state index contributed by atoms with van der Waals surface area (Å²) < 4.78 is 43.0. The number of nitrogens with two attached hydrogens (primary N) is 3. The van der Waals surface area contributed by atoms with Crippen molar-refractivity contribution in [1.29, 1.82) is 0 Å². The van der Waals surface area contributed by atoms with Crippen LogP contribution in [-0.4, -0.2) is 18.9 Å². The minimum absolute atomic E-state index is 0.0833. The molecule has 0 spiro atoms. The van der Waals surface area contributed by atoms with Crippen LogP contribution in [0.4, 0.5) is 4.39 Å². The average molecular weight is 355 g/mol. The summed E-state index contributed by atoms with van der Waals surface area (Å²) in [5.41, 5.74) is 10.6. The van der Waals surface area contributed by atoms with Crippen LogP contribution in [0.25, 0.3) is 0 Å². The molecule has 2 aromatic rings. The number of hydrogen-bond acceptors (Lipinski definition) is 3. The molecule has 0 atom stereocenters. The predicted octanol–water partition coefficient (Wildman–Crippen LogP) is 0.559. The summed E-state index contributed by atoms with van der Waals surface area (Å²) in [6.45, 7) is 4.41.